The summed E-state index contributed by atoms with van der Waals surface area (Å²) in [6.45, 7) is 0. The molecule has 0 heterocycles. The zero-order valence-electron chi connectivity index (χ0n) is 5.76. The van der Waals surface area contributed by atoms with Crippen LogP contribution in [0.25, 0.3) is 0 Å². The molecule has 0 rings (SSSR count). The van der Waals surface area contributed by atoms with Crippen molar-refractivity contribution in [2.75, 3.05) is 0 Å². The molecule has 3 N–H and O–H groups in total. The lowest BCUT2D eigenvalue weighted by molar-refractivity contribution is -0.153. The molecule has 68 valence electrons. The van der Waals surface area contributed by atoms with Crippen LogP contribution in [0.1, 0.15) is 6.42 Å². The zero-order chi connectivity index (χ0) is 9.72. The molecule has 0 aromatic heterocycles. The average Bonchev–Trinajstić information content (AvgIpc) is 1.84. The number of hydrogen-bond donors (Lipinski definition) is 3. The molecule has 0 aromatic carbocycles. The maximum atomic E-state index is 10.3. The molecular formula is C5H6O7. The van der Waals surface area contributed by atoms with Gasteiger partial charge in [0.1, 0.15) is 0 Å². The van der Waals surface area contributed by atoms with Crippen LogP contribution in [0.5, 0.6) is 0 Å². The Kier molecular flexibility index (Phi) is 3.71. The van der Waals surface area contributed by atoms with E-state index in [1.807, 2.05) is 0 Å². The second-order valence-corrected chi connectivity index (χ2v) is 1.80. The summed E-state index contributed by atoms with van der Waals surface area (Å²) >= 11 is 0. The van der Waals surface area contributed by atoms with E-state index in [-0.39, 0.29) is 0 Å². The van der Waals surface area contributed by atoms with Crippen LogP contribution in [0.4, 0.5) is 4.79 Å². The molecule has 0 saturated carbocycles. The molecule has 0 aromatic rings. The van der Waals surface area contributed by atoms with Crippen molar-refractivity contribution in [2.24, 2.45) is 0 Å². The Morgan fingerprint density at radius 2 is 1.75 bits per heavy atom. The summed E-state index contributed by atoms with van der Waals surface area (Å²) in [4.78, 5) is 29.9. The summed E-state index contributed by atoms with van der Waals surface area (Å²) < 4.78 is 3.53. The van der Waals surface area contributed by atoms with Crippen molar-refractivity contribution >= 4 is 18.1 Å². The van der Waals surface area contributed by atoms with Crippen LogP contribution in [-0.4, -0.2) is 39.5 Å². The lowest BCUT2D eigenvalue weighted by atomic mass is 10.3. The topological polar surface area (TPSA) is 121 Å². The van der Waals surface area contributed by atoms with Gasteiger partial charge in [-0.15, -0.1) is 0 Å². The molecule has 0 saturated heterocycles. The van der Waals surface area contributed by atoms with Crippen molar-refractivity contribution in [1.82, 2.24) is 0 Å². The first-order chi connectivity index (χ1) is 5.43. The van der Waals surface area contributed by atoms with Gasteiger partial charge >= 0.3 is 18.1 Å². The molecule has 0 spiro atoms. The van der Waals surface area contributed by atoms with E-state index in [9.17, 15) is 14.4 Å². The predicted molar refractivity (Wildman–Crippen MR) is 32.4 cm³/mol. The number of aliphatic hydroxyl groups is 1. The van der Waals surface area contributed by atoms with E-state index in [4.69, 9.17) is 15.3 Å². The normalized spacial score (nSPS) is 11.8. The molecule has 0 bridgehead atoms. The van der Waals surface area contributed by atoms with E-state index in [0.29, 0.717) is 0 Å². The number of hydrogen-bond acceptors (Lipinski definition) is 5. The Bertz CT molecular complexity index is 208. The van der Waals surface area contributed by atoms with Crippen molar-refractivity contribution in [2.45, 2.75) is 12.5 Å². The lowest BCUT2D eigenvalue weighted by Crippen LogP contribution is -2.25. The average molecular weight is 178 g/mol. The maximum absolute atomic E-state index is 10.3. The van der Waals surface area contributed by atoms with E-state index in [0.717, 1.165) is 0 Å². The Hall–Kier alpha value is -1.63. The summed E-state index contributed by atoms with van der Waals surface area (Å²) in [5.74, 6) is -2.92. The summed E-state index contributed by atoms with van der Waals surface area (Å²) in [5.41, 5.74) is 0. The van der Waals surface area contributed by atoms with Gasteiger partial charge in [-0.1, -0.05) is 0 Å². The molecule has 0 radical (unpaired) electrons. The van der Waals surface area contributed by atoms with Crippen LogP contribution in [0.3, 0.4) is 0 Å². The van der Waals surface area contributed by atoms with E-state index in [1.54, 1.807) is 0 Å². The Morgan fingerprint density at radius 1 is 1.25 bits per heavy atom. The number of ether oxygens (including phenoxy) is 1. The Labute approximate surface area is 66.2 Å². The molecule has 0 aliphatic heterocycles. The van der Waals surface area contributed by atoms with Crippen LogP contribution in [0, 0.1) is 0 Å². The van der Waals surface area contributed by atoms with Crippen LogP contribution in [0.15, 0.2) is 0 Å². The van der Waals surface area contributed by atoms with E-state index in [1.165, 1.54) is 0 Å². The summed E-state index contributed by atoms with van der Waals surface area (Å²) in [5, 5.41) is 24.4. The van der Waals surface area contributed by atoms with Gasteiger partial charge in [0.15, 0.2) is 6.10 Å². The minimum atomic E-state index is -1.93. The van der Waals surface area contributed by atoms with Gasteiger partial charge in [0.2, 0.25) is 0 Å². The SMILES string of the molecule is O=C(O)OC(=O)CC(O)C(=O)O. The van der Waals surface area contributed by atoms with Crippen molar-refractivity contribution in [3.05, 3.63) is 0 Å². The number of carbonyl (C=O) groups excluding carboxylic acids is 1. The van der Waals surface area contributed by atoms with E-state index < -0.39 is 30.6 Å². The number of esters is 1. The van der Waals surface area contributed by atoms with Crippen LogP contribution >= 0.6 is 0 Å². The summed E-state index contributed by atoms with van der Waals surface area (Å²) in [7, 11) is 0. The highest BCUT2D eigenvalue weighted by molar-refractivity contribution is 5.85. The minimum absolute atomic E-state index is 0.887. The largest absolute Gasteiger partial charge is 0.513 e. The van der Waals surface area contributed by atoms with Gasteiger partial charge in [-0.3, -0.25) is 4.79 Å². The molecule has 7 nitrogen and oxygen atoms in total. The smallest absolute Gasteiger partial charge is 0.479 e. The zero-order valence-corrected chi connectivity index (χ0v) is 5.76. The molecule has 1 atom stereocenters. The number of aliphatic carboxylic acids is 1. The third-order valence-corrected chi connectivity index (χ3v) is 0.846. The predicted octanol–water partition coefficient (Wildman–Crippen LogP) is -0.957. The molecular weight excluding hydrogens is 172 g/mol. The van der Waals surface area contributed by atoms with Crippen LogP contribution < -0.4 is 0 Å². The minimum Gasteiger partial charge on any atom is -0.479 e. The standard InChI is InChI=1S/C5H6O7/c6-2(4(8)9)1-3(7)12-5(10)11/h2,6H,1H2,(H,8,9)(H,10,11). The third kappa shape index (κ3) is 4.23. The lowest BCUT2D eigenvalue weighted by Gasteiger charge is -2.01. The van der Waals surface area contributed by atoms with Crippen LogP contribution in [-0.2, 0) is 14.3 Å². The highest BCUT2D eigenvalue weighted by atomic mass is 16.7. The van der Waals surface area contributed by atoms with Crippen molar-refractivity contribution in [3.63, 3.8) is 0 Å². The van der Waals surface area contributed by atoms with Crippen molar-refractivity contribution < 1.29 is 34.4 Å². The maximum Gasteiger partial charge on any atom is 0.513 e. The van der Waals surface area contributed by atoms with Gasteiger partial charge in [-0.05, 0) is 0 Å². The fourth-order valence-corrected chi connectivity index (χ4v) is 0.384. The Morgan fingerprint density at radius 3 is 2.08 bits per heavy atom. The summed E-state index contributed by atoms with van der Waals surface area (Å²) in [6.07, 6.45) is -4.66. The molecule has 1 unspecified atom stereocenters. The molecule has 0 fully saturated rings. The monoisotopic (exact) mass is 178 g/mol. The number of aliphatic hydroxyl groups excluding tert-OH is 1. The first kappa shape index (κ1) is 10.4. The second kappa shape index (κ2) is 4.29. The molecule has 0 aliphatic rings. The van der Waals surface area contributed by atoms with E-state index >= 15 is 0 Å². The highest BCUT2D eigenvalue weighted by Crippen LogP contribution is 1.94. The fraction of sp³-hybridized carbons (Fsp3) is 0.400. The molecule has 12 heavy (non-hydrogen) atoms. The molecule has 0 amide bonds. The van der Waals surface area contributed by atoms with Gasteiger partial charge in [-0.2, -0.15) is 0 Å². The van der Waals surface area contributed by atoms with Gasteiger partial charge in [0, 0.05) is 0 Å². The summed E-state index contributed by atoms with van der Waals surface area (Å²) in [6, 6.07) is 0. The first-order valence-electron chi connectivity index (χ1n) is 2.78. The van der Waals surface area contributed by atoms with Crippen LogP contribution in [0.2, 0.25) is 0 Å². The number of rotatable bonds is 3. The quantitative estimate of drug-likeness (QED) is 0.376. The van der Waals surface area contributed by atoms with Gasteiger partial charge in [0.25, 0.3) is 0 Å². The third-order valence-electron chi connectivity index (χ3n) is 0.846. The van der Waals surface area contributed by atoms with Crippen molar-refractivity contribution in [1.29, 1.82) is 0 Å². The van der Waals surface area contributed by atoms with E-state index in [2.05, 4.69) is 4.74 Å². The molecule has 7 heteroatoms. The highest BCUT2D eigenvalue weighted by Gasteiger charge is 2.20. The first-order valence-corrected chi connectivity index (χ1v) is 2.78. The van der Waals surface area contributed by atoms with Gasteiger partial charge in [-0.25, -0.2) is 9.59 Å². The van der Waals surface area contributed by atoms with Crippen molar-refractivity contribution in [3.8, 4) is 0 Å². The van der Waals surface area contributed by atoms with Gasteiger partial charge < -0.3 is 20.1 Å². The molecule has 0 aliphatic carbocycles. The fourth-order valence-electron chi connectivity index (χ4n) is 0.384. The number of carboxylic acid groups (broad SMARTS) is 2. The number of carbonyl (C=O) groups is 3. The second-order valence-electron chi connectivity index (χ2n) is 1.80. The van der Waals surface area contributed by atoms with Gasteiger partial charge in [0.05, 0.1) is 6.42 Å². The Balaban J connectivity index is 3.85. The number of carboxylic acids is 1.